The Morgan fingerprint density at radius 3 is 2.80 bits per heavy atom. The van der Waals surface area contributed by atoms with Gasteiger partial charge in [-0.15, -0.1) is 0 Å². The lowest BCUT2D eigenvalue weighted by Gasteiger charge is -2.08. The standard InChI is InChI=1S/C15H14N2O3/c1-2-17-14(18)11-5-3-4-10(8-11)13-9-16-7-6-12(13)15(19)20/h3-9H,2H2,1H3,(H,17,18)(H,19,20). The molecular weight excluding hydrogens is 256 g/mol. The maximum atomic E-state index is 11.8. The van der Waals surface area contributed by atoms with Crippen LogP contribution in [0.4, 0.5) is 0 Å². The van der Waals surface area contributed by atoms with E-state index in [1.807, 2.05) is 6.92 Å². The molecule has 2 N–H and O–H groups in total. The van der Waals surface area contributed by atoms with Crippen molar-refractivity contribution in [3.8, 4) is 11.1 Å². The SMILES string of the molecule is CCNC(=O)c1cccc(-c2cnccc2C(=O)O)c1. The molecule has 0 aliphatic heterocycles. The highest BCUT2D eigenvalue weighted by molar-refractivity contribution is 5.98. The molecule has 0 fully saturated rings. The van der Waals surface area contributed by atoms with Crippen LogP contribution in [-0.2, 0) is 0 Å². The third kappa shape index (κ3) is 2.83. The predicted molar refractivity (Wildman–Crippen MR) is 74.6 cm³/mol. The van der Waals surface area contributed by atoms with Crippen molar-refractivity contribution in [2.45, 2.75) is 6.92 Å². The van der Waals surface area contributed by atoms with Crippen molar-refractivity contribution >= 4 is 11.9 Å². The fraction of sp³-hybridized carbons (Fsp3) is 0.133. The first-order chi connectivity index (χ1) is 9.63. The van der Waals surface area contributed by atoms with Crippen LogP contribution in [0.3, 0.4) is 0 Å². The number of hydrogen-bond donors (Lipinski definition) is 2. The predicted octanol–water partition coefficient (Wildman–Crippen LogP) is 2.20. The molecule has 0 saturated carbocycles. The van der Waals surface area contributed by atoms with Crippen LogP contribution in [0.2, 0.25) is 0 Å². The fourth-order valence-electron chi connectivity index (χ4n) is 1.90. The Balaban J connectivity index is 2.46. The van der Waals surface area contributed by atoms with Crippen molar-refractivity contribution < 1.29 is 14.7 Å². The number of carbonyl (C=O) groups excluding carboxylic acids is 1. The van der Waals surface area contributed by atoms with Crippen molar-refractivity contribution in [3.05, 3.63) is 53.9 Å². The van der Waals surface area contributed by atoms with Crippen molar-refractivity contribution in [1.82, 2.24) is 10.3 Å². The molecule has 102 valence electrons. The van der Waals surface area contributed by atoms with Gasteiger partial charge >= 0.3 is 5.97 Å². The first kappa shape index (κ1) is 13.7. The second-order valence-corrected chi connectivity index (χ2v) is 4.17. The summed E-state index contributed by atoms with van der Waals surface area (Å²) in [4.78, 5) is 27.0. The van der Waals surface area contributed by atoms with E-state index in [1.54, 1.807) is 24.3 Å². The van der Waals surface area contributed by atoms with Crippen LogP contribution in [0.25, 0.3) is 11.1 Å². The Hall–Kier alpha value is -2.69. The second kappa shape index (κ2) is 5.97. The molecule has 1 amide bonds. The van der Waals surface area contributed by atoms with Gasteiger partial charge in [-0.3, -0.25) is 9.78 Å². The zero-order valence-corrected chi connectivity index (χ0v) is 11.0. The normalized spacial score (nSPS) is 10.1. The van der Waals surface area contributed by atoms with Crippen molar-refractivity contribution in [3.63, 3.8) is 0 Å². The highest BCUT2D eigenvalue weighted by Gasteiger charge is 2.13. The maximum absolute atomic E-state index is 11.8. The molecular formula is C15H14N2O3. The van der Waals surface area contributed by atoms with Crippen LogP contribution >= 0.6 is 0 Å². The number of aromatic nitrogens is 1. The van der Waals surface area contributed by atoms with Gasteiger partial charge in [0.05, 0.1) is 5.56 Å². The molecule has 0 aliphatic carbocycles. The highest BCUT2D eigenvalue weighted by atomic mass is 16.4. The van der Waals surface area contributed by atoms with Gasteiger partial charge in [-0.25, -0.2) is 4.79 Å². The lowest BCUT2D eigenvalue weighted by molar-refractivity contribution is 0.0697. The number of nitrogens with zero attached hydrogens (tertiary/aromatic N) is 1. The fourth-order valence-corrected chi connectivity index (χ4v) is 1.90. The number of nitrogens with one attached hydrogen (secondary N) is 1. The average Bonchev–Trinajstić information content (AvgIpc) is 2.47. The van der Waals surface area contributed by atoms with E-state index in [1.165, 1.54) is 18.5 Å². The molecule has 1 aromatic heterocycles. The van der Waals surface area contributed by atoms with Gasteiger partial charge in [-0.2, -0.15) is 0 Å². The zero-order chi connectivity index (χ0) is 14.5. The van der Waals surface area contributed by atoms with Crippen molar-refractivity contribution in [2.24, 2.45) is 0 Å². The van der Waals surface area contributed by atoms with Gasteiger partial charge in [0.2, 0.25) is 0 Å². The summed E-state index contributed by atoms with van der Waals surface area (Å²) >= 11 is 0. The molecule has 2 aromatic rings. The monoisotopic (exact) mass is 270 g/mol. The van der Waals surface area contributed by atoms with E-state index in [0.29, 0.717) is 23.2 Å². The summed E-state index contributed by atoms with van der Waals surface area (Å²) in [5.74, 6) is -1.21. The molecule has 0 aliphatic rings. The molecule has 0 atom stereocenters. The molecule has 5 heteroatoms. The van der Waals surface area contributed by atoms with E-state index in [9.17, 15) is 14.7 Å². The Labute approximate surface area is 116 Å². The number of carboxylic acid groups (broad SMARTS) is 1. The number of rotatable bonds is 4. The summed E-state index contributed by atoms with van der Waals surface area (Å²) in [5, 5.41) is 11.9. The molecule has 0 radical (unpaired) electrons. The zero-order valence-electron chi connectivity index (χ0n) is 11.0. The van der Waals surface area contributed by atoms with E-state index in [0.717, 1.165) is 0 Å². The lowest BCUT2D eigenvalue weighted by Crippen LogP contribution is -2.22. The number of amides is 1. The van der Waals surface area contributed by atoms with Crippen LogP contribution in [-0.4, -0.2) is 28.5 Å². The number of hydrogen-bond acceptors (Lipinski definition) is 3. The smallest absolute Gasteiger partial charge is 0.336 e. The summed E-state index contributed by atoms with van der Waals surface area (Å²) in [7, 11) is 0. The van der Waals surface area contributed by atoms with Gasteiger partial charge in [0, 0.05) is 30.1 Å². The highest BCUT2D eigenvalue weighted by Crippen LogP contribution is 2.23. The largest absolute Gasteiger partial charge is 0.478 e. The van der Waals surface area contributed by atoms with Gasteiger partial charge in [-0.1, -0.05) is 12.1 Å². The minimum absolute atomic E-state index is 0.160. The van der Waals surface area contributed by atoms with Gasteiger partial charge < -0.3 is 10.4 Å². The van der Waals surface area contributed by atoms with Gasteiger partial charge in [0.15, 0.2) is 0 Å². The summed E-state index contributed by atoms with van der Waals surface area (Å²) in [6, 6.07) is 8.26. The number of pyridine rings is 1. The number of carboxylic acids is 1. The van der Waals surface area contributed by atoms with Crippen molar-refractivity contribution in [1.29, 1.82) is 0 Å². The Bertz CT molecular complexity index is 653. The first-order valence-electron chi connectivity index (χ1n) is 6.19. The van der Waals surface area contributed by atoms with Crippen molar-refractivity contribution in [2.75, 3.05) is 6.54 Å². The molecule has 0 saturated heterocycles. The van der Waals surface area contributed by atoms with Gasteiger partial charge in [-0.05, 0) is 30.7 Å². The summed E-state index contributed by atoms with van der Waals surface area (Å²) in [6.07, 6.45) is 2.92. The van der Waals surface area contributed by atoms with E-state index >= 15 is 0 Å². The lowest BCUT2D eigenvalue weighted by atomic mass is 10.00. The Morgan fingerprint density at radius 2 is 2.10 bits per heavy atom. The first-order valence-corrected chi connectivity index (χ1v) is 6.19. The van der Waals surface area contributed by atoms with Crippen LogP contribution in [0.15, 0.2) is 42.7 Å². The van der Waals surface area contributed by atoms with Crippen LogP contribution in [0.1, 0.15) is 27.6 Å². The minimum atomic E-state index is -1.02. The number of aromatic carboxylic acids is 1. The van der Waals surface area contributed by atoms with E-state index < -0.39 is 5.97 Å². The molecule has 0 unspecified atom stereocenters. The third-order valence-electron chi connectivity index (χ3n) is 2.82. The van der Waals surface area contributed by atoms with Crippen LogP contribution in [0, 0.1) is 0 Å². The Kier molecular flexibility index (Phi) is 4.10. The minimum Gasteiger partial charge on any atom is -0.478 e. The topological polar surface area (TPSA) is 79.3 Å². The van der Waals surface area contributed by atoms with E-state index in [2.05, 4.69) is 10.3 Å². The molecule has 20 heavy (non-hydrogen) atoms. The summed E-state index contributed by atoms with van der Waals surface area (Å²) in [5.41, 5.74) is 1.79. The quantitative estimate of drug-likeness (QED) is 0.892. The molecule has 2 rings (SSSR count). The van der Waals surface area contributed by atoms with Crippen LogP contribution in [0.5, 0.6) is 0 Å². The number of carbonyl (C=O) groups is 2. The van der Waals surface area contributed by atoms with Crippen LogP contribution < -0.4 is 5.32 Å². The second-order valence-electron chi connectivity index (χ2n) is 4.17. The Morgan fingerprint density at radius 1 is 1.30 bits per heavy atom. The molecule has 5 nitrogen and oxygen atoms in total. The van der Waals surface area contributed by atoms with E-state index in [-0.39, 0.29) is 11.5 Å². The summed E-state index contributed by atoms with van der Waals surface area (Å²) < 4.78 is 0. The third-order valence-corrected chi connectivity index (χ3v) is 2.82. The van der Waals surface area contributed by atoms with E-state index in [4.69, 9.17) is 0 Å². The number of benzene rings is 1. The molecule has 0 spiro atoms. The van der Waals surface area contributed by atoms with Gasteiger partial charge in [0.25, 0.3) is 5.91 Å². The molecule has 1 aromatic carbocycles. The van der Waals surface area contributed by atoms with Gasteiger partial charge in [0.1, 0.15) is 0 Å². The molecule has 0 bridgehead atoms. The molecule has 1 heterocycles. The maximum Gasteiger partial charge on any atom is 0.336 e. The average molecular weight is 270 g/mol. The summed E-state index contributed by atoms with van der Waals surface area (Å²) in [6.45, 7) is 2.38.